The summed E-state index contributed by atoms with van der Waals surface area (Å²) in [4.78, 5) is 32.5. The molecule has 3 heterocycles. The molecule has 1 atom stereocenters. The van der Waals surface area contributed by atoms with E-state index < -0.39 is 0 Å². The van der Waals surface area contributed by atoms with Crippen LogP contribution in [0.5, 0.6) is 0 Å². The van der Waals surface area contributed by atoms with Crippen molar-refractivity contribution in [3.8, 4) is 0 Å². The number of nitrogens with zero attached hydrogens (tertiary/aromatic N) is 4. The number of carbonyl (C=O) groups is 2. The van der Waals surface area contributed by atoms with Gasteiger partial charge in [-0.05, 0) is 38.2 Å². The van der Waals surface area contributed by atoms with Gasteiger partial charge in [0.1, 0.15) is 0 Å². The molecule has 2 saturated carbocycles. The Kier molecular flexibility index (Phi) is 4.56. The predicted octanol–water partition coefficient (Wildman–Crippen LogP) is 2.71. The Bertz CT molecular complexity index is 971. The molecule has 7 nitrogen and oxygen atoms in total. The number of aryl methyl sites for hydroxylation is 1. The van der Waals surface area contributed by atoms with Crippen molar-refractivity contribution in [2.45, 2.75) is 56.8 Å². The lowest BCUT2D eigenvalue weighted by molar-refractivity contribution is -0.134. The summed E-state index contributed by atoms with van der Waals surface area (Å²) < 4.78 is 1.81. The van der Waals surface area contributed by atoms with E-state index in [0.29, 0.717) is 23.9 Å². The Balaban J connectivity index is 1.50. The zero-order chi connectivity index (χ0) is 20.1. The van der Waals surface area contributed by atoms with Gasteiger partial charge in [-0.3, -0.25) is 14.3 Å². The maximum absolute atomic E-state index is 12.9. The van der Waals surface area contributed by atoms with Gasteiger partial charge < -0.3 is 10.2 Å². The van der Waals surface area contributed by atoms with Crippen molar-refractivity contribution in [2.75, 3.05) is 20.1 Å². The van der Waals surface area contributed by atoms with Crippen molar-refractivity contribution in [1.29, 1.82) is 0 Å². The zero-order valence-electron chi connectivity index (χ0n) is 17.3. The van der Waals surface area contributed by atoms with Crippen LogP contribution in [0.2, 0.25) is 0 Å². The molecule has 0 bridgehead atoms. The summed E-state index contributed by atoms with van der Waals surface area (Å²) in [5.74, 6) is 1.04. The quantitative estimate of drug-likeness (QED) is 0.863. The van der Waals surface area contributed by atoms with Gasteiger partial charge in [0.05, 0.1) is 16.6 Å². The molecule has 2 amide bonds. The molecule has 154 valence electrons. The molecule has 2 aromatic rings. The maximum atomic E-state index is 12.9. The third-order valence-electron chi connectivity index (χ3n) is 6.90. The molecule has 7 heteroatoms. The normalized spacial score (nSPS) is 22.6. The van der Waals surface area contributed by atoms with Gasteiger partial charge in [-0.25, -0.2) is 4.98 Å². The number of hydrogen-bond donors (Lipinski definition) is 1. The van der Waals surface area contributed by atoms with Crippen LogP contribution >= 0.6 is 0 Å². The van der Waals surface area contributed by atoms with Crippen molar-refractivity contribution in [2.24, 2.45) is 13.0 Å². The molecule has 1 aliphatic heterocycles. The molecule has 0 radical (unpaired) electrons. The van der Waals surface area contributed by atoms with Gasteiger partial charge in [0.25, 0.3) is 5.91 Å². The lowest BCUT2D eigenvalue weighted by Gasteiger charge is -2.20. The van der Waals surface area contributed by atoms with E-state index in [-0.39, 0.29) is 17.7 Å². The van der Waals surface area contributed by atoms with Crippen molar-refractivity contribution in [3.05, 3.63) is 23.0 Å². The molecule has 2 aliphatic carbocycles. The number of carbonyl (C=O) groups excluding carboxylic acids is 2. The molecule has 2 aromatic heterocycles. The minimum atomic E-state index is -0.0922. The smallest absolute Gasteiger partial charge is 0.251 e. The number of amides is 2. The molecule has 3 aliphatic rings. The van der Waals surface area contributed by atoms with E-state index in [1.54, 1.807) is 7.05 Å². The number of rotatable bonds is 4. The fourth-order valence-corrected chi connectivity index (χ4v) is 5.10. The Labute approximate surface area is 170 Å². The van der Waals surface area contributed by atoms with E-state index in [1.165, 1.54) is 12.8 Å². The lowest BCUT2D eigenvalue weighted by atomic mass is 9.98. The number of hydrogen-bond acceptors (Lipinski definition) is 4. The first-order chi connectivity index (χ1) is 14.1. The molecular formula is C22H29N5O2. The Morgan fingerprint density at radius 3 is 2.55 bits per heavy atom. The first-order valence-electron chi connectivity index (χ1n) is 10.9. The van der Waals surface area contributed by atoms with Crippen molar-refractivity contribution < 1.29 is 9.59 Å². The zero-order valence-corrected chi connectivity index (χ0v) is 17.3. The van der Waals surface area contributed by atoms with E-state index in [4.69, 9.17) is 10.1 Å². The maximum Gasteiger partial charge on any atom is 0.251 e. The summed E-state index contributed by atoms with van der Waals surface area (Å²) in [5.41, 5.74) is 3.36. The van der Waals surface area contributed by atoms with Gasteiger partial charge in [-0.2, -0.15) is 5.10 Å². The van der Waals surface area contributed by atoms with Crippen LogP contribution in [0.25, 0.3) is 11.0 Å². The fourth-order valence-electron chi connectivity index (χ4n) is 5.10. The molecule has 0 aromatic carbocycles. The second kappa shape index (κ2) is 7.11. The number of likely N-dealkylation sites (tertiary alicyclic amines) is 1. The molecule has 1 saturated heterocycles. The van der Waals surface area contributed by atoms with Gasteiger partial charge in [0, 0.05) is 50.6 Å². The molecule has 1 N–H and O–H groups in total. The third kappa shape index (κ3) is 3.20. The minimum absolute atomic E-state index is 0.0922. The number of fused-ring (bicyclic) bond motifs is 1. The van der Waals surface area contributed by atoms with Gasteiger partial charge in [-0.1, -0.05) is 12.8 Å². The third-order valence-corrected chi connectivity index (χ3v) is 6.90. The Morgan fingerprint density at radius 2 is 1.86 bits per heavy atom. The van der Waals surface area contributed by atoms with Crippen LogP contribution < -0.4 is 5.32 Å². The van der Waals surface area contributed by atoms with E-state index in [2.05, 4.69) is 5.32 Å². The van der Waals surface area contributed by atoms with Crippen molar-refractivity contribution >= 4 is 22.8 Å². The van der Waals surface area contributed by atoms with Crippen LogP contribution in [0, 0.1) is 5.92 Å². The fraction of sp³-hybridized carbons (Fsp3) is 0.636. The van der Waals surface area contributed by atoms with Crippen molar-refractivity contribution in [3.63, 3.8) is 0 Å². The summed E-state index contributed by atoms with van der Waals surface area (Å²) in [5, 5.41) is 8.44. The minimum Gasteiger partial charge on any atom is -0.355 e. The highest BCUT2D eigenvalue weighted by Crippen LogP contribution is 2.41. The number of nitrogens with one attached hydrogen (secondary N) is 1. The highest BCUT2D eigenvalue weighted by molar-refractivity contribution is 6.06. The number of pyridine rings is 1. The second-order valence-electron chi connectivity index (χ2n) is 8.91. The van der Waals surface area contributed by atoms with Crippen LogP contribution in [-0.2, 0) is 11.8 Å². The summed E-state index contributed by atoms with van der Waals surface area (Å²) in [6.45, 7) is 1.47. The summed E-state index contributed by atoms with van der Waals surface area (Å²) in [7, 11) is 3.57. The van der Waals surface area contributed by atoms with Crippen LogP contribution in [-0.4, -0.2) is 51.6 Å². The molecule has 5 rings (SSSR count). The van der Waals surface area contributed by atoms with Crippen LogP contribution in [0.1, 0.15) is 78.5 Å². The lowest BCUT2D eigenvalue weighted by Crippen LogP contribution is -2.33. The van der Waals surface area contributed by atoms with Crippen LogP contribution in [0.4, 0.5) is 0 Å². The standard InChI is InChI=1S/C22H29N5O2/c1-23-21(28)16-11-17(13-7-8-13)24-20-18(16)19(25-26(20)2)15-9-10-27(12-15)22(29)14-5-3-4-6-14/h11,13-15H,3-10,12H2,1-2H3,(H,23,28). The first kappa shape index (κ1) is 18.6. The summed E-state index contributed by atoms with van der Waals surface area (Å²) >= 11 is 0. The first-order valence-corrected chi connectivity index (χ1v) is 10.9. The van der Waals surface area contributed by atoms with Gasteiger partial charge in [-0.15, -0.1) is 0 Å². The molecule has 1 unspecified atom stereocenters. The molecular weight excluding hydrogens is 366 g/mol. The molecule has 0 spiro atoms. The van der Waals surface area contributed by atoms with Crippen LogP contribution in [0.3, 0.4) is 0 Å². The topological polar surface area (TPSA) is 80.1 Å². The predicted molar refractivity (Wildman–Crippen MR) is 110 cm³/mol. The SMILES string of the molecule is CNC(=O)c1cc(C2CC2)nc2c1c(C1CCN(C(=O)C3CCCC3)C1)nn2C. The average molecular weight is 396 g/mol. The van der Waals surface area contributed by atoms with E-state index >= 15 is 0 Å². The van der Waals surface area contributed by atoms with Gasteiger partial charge in [0.2, 0.25) is 5.91 Å². The highest BCUT2D eigenvalue weighted by atomic mass is 16.2. The van der Waals surface area contributed by atoms with Gasteiger partial charge >= 0.3 is 0 Å². The van der Waals surface area contributed by atoms with E-state index in [9.17, 15) is 9.59 Å². The molecule has 29 heavy (non-hydrogen) atoms. The molecule has 3 fully saturated rings. The number of aromatic nitrogens is 3. The van der Waals surface area contributed by atoms with Crippen LogP contribution in [0.15, 0.2) is 6.07 Å². The highest BCUT2D eigenvalue weighted by Gasteiger charge is 2.36. The largest absolute Gasteiger partial charge is 0.355 e. The van der Waals surface area contributed by atoms with E-state index in [0.717, 1.165) is 61.1 Å². The summed E-state index contributed by atoms with van der Waals surface area (Å²) in [6.07, 6.45) is 7.56. The Hall–Kier alpha value is -2.44. The van der Waals surface area contributed by atoms with Gasteiger partial charge in [0.15, 0.2) is 5.65 Å². The monoisotopic (exact) mass is 395 g/mol. The Morgan fingerprint density at radius 1 is 1.10 bits per heavy atom. The average Bonchev–Trinajstić information content (AvgIpc) is 3.12. The summed E-state index contributed by atoms with van der Waals surface area (Å²) in [6, 6.07) is 1.96. The van der Waals surface area contributed by atoms with E-state index in [1.807, 2.05) is 22.7 Å². The second-order valence-corrected chi connectivity index (χ2v) is 8.91. The van der Waals surface area contributed by atoms with Crippen molar-refractivity contribution in [1.82, 2.24) is 25.0 Å².